The maximum absolute atomic E-state index is 14.6. The lowest BCUT2D eigenvalue weighted by atomic mass is 9.90. The molecule has 1 amide bonds. The fourth-order valence-electron chi connectivity index (χ4n) is 6.68. The molecule has 0 bridgehead atoms. The number of nitrogens with zero attached hydrogens (tertiary/aromatic N) is 4. The summed E-state index contributed by atoms with van der Waals surface area (Å²) >= 11 is 13.2. The van der Waals surface area contributed by atoms with E-state index in [-0.39, 0.29) is 28.6 Å². The average molecular weight is 667 g/mol. The number of hydrogen-bond donors (Lipinski definition) is 3. The molecule has 46 heavy (non-hydrogen) atoms. The molecule has 1 aliphatic carbocycles. The molecular formula is C34H38Cl2FN7O2. The Bertz CT molecular complexity index is 1840. The smallest absolute Gasteiger partial charge is 0.260 e. The van der Waals surface area contributed by atoms with Gasteiger partial charge in [0.05, 0.1) is 21.3 Å². The number of amides is 1. The molecule has 1 saturated heterocycles. The molecule has 9 nitrogen and oxygen atoms in total. The van der Waals surface area contributed by atoms with Crippen LogP contribution in [0.25, 0.3) is 22.2 Å². The van der Waals surface area contributed by atoms with Crippen molar-refractivity contribution in [1.82, 2.24) is 25.2 Å². The van der Waals surface area contributed by atoms with E-state index in [1.165, 1.54) is 6.07 Å². The second-order valence-corrected chi connectivity index (χ2v) is 13.0. The molecule has 2 aliphatic rings. The Morgan fingerprint density at radius 2 is 1.93 bits per heavy atom. The number of piperazine rings is 1. The van der Waals surface area contributed by atoms with E-state index in [1.807, 2.05) is 32.0 Å². The molecule has 2 fully saturated rings. The third kappa shape index (κ3) is 6.43. The highest BCUT2D eigenvalue weighted by atomic mass is 35.5. The molecule has 1 aliphatic heterocycles. The van der Waals surface area contributed by atoms with E-state index in [9.17, 15) is 14.0 Å². The zero-order valence-corrected chi connectivity index (χ0v) is 27.7. The molecule has 0 spiro atoms. The third-order valence-electron chi connectivity index (χ3n) is 9.09. The number of aromatic nitrogens is 3. The first kappa shape index (κ1) is 32.2. The van der Waals surface area contributed by atoms with E-state index < -0.39 is 5.82 Å². The summed E-state index contributed by atoms with van der Waals surface area (Å²) in [5, 5.41) is 11.0. The predicted molar refractivity (Wildman–Crippen MR) is 183 cm³/mol. The van der Waals surface area contributed by atoms with Crippen molar-refractivity contribution >= 4 is 57.5 Å². The summed E-state index contributed by atoms with van der Waals surface area (Å²) in [6.07, 6.45) is 4.89. The molecule has 1 atom stereocenters. The van der Waals surface area contributed by atoms with Gasteiger partial charge in [0.2, 0.25) is 11.9 Å². The van der Waals surface area contributed by atoms with E-state index in [4.69, 9.17) is 28.2 Å². The number of fused-ring (bicyclic) bond motifs is 1. The Kier molecular flexibility index (Phi) is 9.49. The second kappa shape index (κ2) is 13.6. The Morgan fingerprint density at radius 3 is 2.65 bits per heavy atom. The van der Waals surface area contributed by atoms with Crippen molar-refractivity contribution < 1.29 is 9.18 Å². The monoisotopic (exact) mass is 665 g/mol. The largest absolute Gasteiger partial charge is 0.368 e. The highest BCUT2D eigenvalue weighted by molar-refractivity contribution is 6.34. The summed E-state index contributed by atoms with van der Waals surface area (Å²) in [5.74, 6) is -0.257. The van der Waals surface area contributed by atoms with Gasteiger partial charge in [0.15, 0.2) is 0 Å². The molecule has 0 radical (unpaired) electrons. The number of benzene rings is 2. The van der Waals surface area contributed by atoms with Gasteiger partial charge >= 0.3 is 0 Å². The van der Waals surface area contributed by atoms with Crippen LogP contribution < -0.4 is 26.4 Å². The highest BCUT2D eigenvalue weighted by Crippen LogP contribution is 2.36. The second-order valence-electron chi connectivity index (χ2n) is 12.2. The topological polar surface area (TPSA) is 104 Å². The Balaban J connectivity index is 1.39. The van der Waals surface area contributed by atoms with Crippen molar-refractivity contribution in [2.75, 3.05) is 29.9 Å². The lowest BCUT2D eigenvalue weighted by molar-refractivity contribution is -0.121. The first-order valence-corrected chi connectivity index (χ1v) is 16.6. The van der Waals surface area contributed by atoms with Crippen molar-refractivity contribution in [3.8, 4) is 11.1 Å². The predicted octanol–water partition coefficient (Wildman–Crippen LogP) is 6.76. The first-order chi connectivity index (χ1) is 22.1. The van der Waals surface area contributed by atoms with E-state index in [0.717, 1.165) is 43.9 Å². The Labute approximate surface area is 277 Å². The lowest BCUT2D eigenvalue weighted by Gasteiger charge is -2.34. The van der Waals surface area contributed by atoms with Crippen molar-refractivity contribution in [1.29, 1.82) is 0 Å². The van der Waals surface area contributed by atoms with Gasteiger partial charge < -0.3 is 20.9 Å². The Morgan fingerprint density at radius 1 is 1.15 bits per heavy atom. The van der Waals surface area contributed by atoms with Crippen LogP contribution in [0, 0.1) is 12.7 Å². The molecule has 2 aromatic carbocycles. The van der Waals surface area contributed by atoms with Crippen molar-refractivity contribution in [3.05, 3.63) is 74.4 Å². The number of nitrogens with one attached hydrogen (secondary N) is 3. The fourth-order valence-corrected chi connectivity index (χ4v) is 7.20. The minimum atomic E-state index is -0.594. The molecule has 12 heteroatoms. The van der Waals surface area contributed by atoms with Crippen LogP contribution in [0.3, 0.4) is 0 Å². The Hall–Kier alpha value is -3.73. The molecular weight excluding hydrogens is 628 g/mol. The van der Waals surface area contributed by atoms with Gasteiger partial charge in [-0.3, -0.25) is 14.2 Å². The maximum Gasteiger partial charge on any atom is 0.260 e. The minimum Gasteiger partial charge on any atom is -0.368 e. The van der Waals surface area contributed by atoms with E-state index in [1.54, 1.807) is 22.9 Å². The van der Waals surface area contributed by atoms with Gasteiger partial charge in [-0.15, -0.1) is 0 Å². The molecule has 3 heterocycles. The lowest BCUT2D eigenvalue weighted by Crippen LogP contribution is -2.49. The molecule has 3 N–H and O–H groups in total. The van der Waals surface area contributed by atoms with E-state index in [0.29, 0.717) is 64.0 Å². The first-order valence-electron chi connectivity index (χ1n) is 15.8. The van der Waals surface area contributed by atoms with Crippen LogP contribution in [-0.2, 0) is 4.79 Å². The maximum atomic E-state index is 14.6. The number of carbonyl (C=O) groups is 1. The van der Waals surface area contributed by atoms with Gasteiger partial charge in [-0.05, 0) is 69.4 Å². The van der Waals surface area contributed by atoms with E-state index in [2.05, 4.69) is 32.8 Å². The summed E-state index contributed by atoms with van der Waals surface area (Å²) in [7, 11) is 0. The van der Waals surface area contributed by atoms with Crippen molar-refractivity contribution in [2.24, 2.45) is 0 Å². The van der Waals surface area contributed by atoms with Crippen LogP contribution >= 0.6 is 23.2 Å². The molecule has 4 aromatic rings. The number of aryl methyl sites for hydroxylation is 1. The van der Waals surface area contributed by atoms with Crippen LogP contribution in [0.15, 0.2) is 47.4 Å². The SMILES string of the molecule is CCC(=O)N[C@H]1CC[C@@H](n2c(=O)c(-c3cccc(F)c3Cl)c(C)c3cnc(Nc4ccc(N5CCN[C@H](C)C5)c(Cl)c4)nc32)CC1. The number of rotatable bonds is 7. The summed E-state index contributed by atoms with van der Waals surface area (Å²) in [6.45, 7) is 8.43. The zero-order chi connectivity index (χ0) is 32.5. The summed E-state index contributed by atoms with van der Waals surface area (Å²) < 4.78 is 16.3. The number of anilines is 3. The van der Waals surface area contributed by atoms with Gasteiger partial charge in [0.1, 0.15) is 11.5 Å². The van der Waals surface area contributed by atoms with Crippen LogP contribution in [0.4, 0.5) is 21.7 Å². The number of hydrogen-bond acceptors (Lipinski definition) is 7. The van der Waals surface area contributed by atoms with Crippen molar-refractivity contribution in [2.45, 2.75) is 71.0 Å². The normalized spacial score (nSPS) is 20.1. The highest BCUT2D eigenvalue weighted by Gasteiger charge is 2.29. The average Bonchev–Trinajstić information content (AvgIpc) is 3.04. The van der Waals surface area contributed by atoms with Crippen LogP contribution in [0.5, 0.6) is 0 Å². The molecule has 242 valence electrons. The third-order valence-corrected chi connectivity index (χ3v) is 9.78. The van der Waals surface area contributed by atoms with Crippen LogP contribution in [0.2, 0.25) is 10.0 Å². The molecule has 6 rings (SSSR count). The minimum absolute atomic E-state index is 0.0172. The quantitative estimate of drug-likeness (QED) is 0.200. The number of pyridine rings is 1. The summed E-state index contributed by atoms with van der Waals surface area (Å²) in [6, 6.07) is 10.5. The van der Waals surface area contributed by atoms with Gasteiger partial charge in [-0.2, -0.15) is 4.98 Å². The number of carbonyl (C=O) groups excluding carboxylic acids is 1. The van der Waals surface area contributed by atoms with Crippen LogP contribution in [0.1, 0.15) is 57.6 Å². The standard InChI is InChI=1S/C34H38Cl2FN7O2/c1-4-29(45)40-21-8-11-23(12-9-21)44-32-25(20(3)30(33(44)46)24-6-5-7-27(37)31(24)36)17-39-34(42-32)41-22-10-13-28(26(35)16-22)43-15-14-38-19(2)18-43/h5-7,10,13,16-17,19,21,23,38H,4,8-9,11-12,14-15,18H2,1-3H3,(H,40,45)(H,39,41,42)/t19-,21-,23+/m1/s1. The number of halogens is 3. The van der Waals surface area contributed by atoms with Gasteiger partial charge in [-0.1, -0.05) is 42.3 Å². The van der Waals surface area contributed by atoms with Gasteiger partial charge in [-0.25, -0.2) is 9.37 Å². The summed E-state index contributed by atoms with van der Waals surface area (Å²) in [5.41, 5.74) is 3.16. The van der Waals surface area contributed by atoms with Crippen LogP contribution in [-0.4, -0.2) is 52.2 Å². The fraction of sp³-hybridized carbons (Fsp3) is 0.412. The van der Waals surface area contributed by atoms with Gasteiger partial charge in [0.25, 0.3) is 5.56 Å². The van der Waals surface area contributed by atoms with Crippen molar-refractivity contribution in [3.63, 3.8) is 0 Å². The summed E-state index contributed by atoms with van der Waals surface area (Å²) in [4.78, 5) is 38.2. The van der Waals surface area contributed by atoms with E-state index >= 15 is 0 Å². The molecule has 2 aromatic heterocycles. The van der Waals surface area contributed by atoms with Gasteiger partial charge in [0, 0.05) is 67.0 Å². The molecule has 0 unspecified atom stereocenters. The molecule has 1 saturated carbocycles. The zero-order valence-electron chi connectivity index (χ0n) is 26.2.